The van der Waals surface area contributed by atoms with Crippen molar-refractivity contribution in [3.8, 4) is 0 Å². The van der Waals surface area contributed by atoms with E-state index >= 15 is 0 Å². The molecule has 1 aromatic heterocycles. The van der Waals surface area contributed by atoms with Gasteiger partial charge in [-0.3, -0.25) is 4.79 Å². The highest BCUT2D eigenvalue weighted by Gasteiger charge is 2.34. The van der Waals surface area contributed by atoms with Gasteiger partial charge in [0.2, 0.25) is 10.0 Å². The number of nitrogens with zero attached hydrogens (tertiary/aromatic N) is 2. The van der Waals surface area contributed by atoms with Crippen LogP contribution >= 0.6 is 0 Å². The number of aliphatic carboxylic acids is 1. The Morgan fingerprint density at radius 3 is 2.57 bits per heavy atom. The van der Waals surface area contributed by atoms with E-state index in [0.29, 0.717) is 19.5 Å². The minimum absolute atomic E-state index is 0.0323. The van der Waals surface area contributed by atoms with Crippen molar-refractivity contribution < 1.29 is 22.7 Å². The molecule has 0 spiro atoms. The lowest BCUT2D eigenvalue weighted by Crippen LogP contribution is -2.28. The van der Waals surface area contributed by atoms with Crippen molar-refractivity contribution in [1.29, 1.82) is 0 Å². The third-order valence-electron chi connectivity index (χ3n) is 5.17. The Hall–Kier alpha value is -2.71. The Balaban J connectivity index is 1.64. The second kappa shape index (κ2) is 7.03. The minimum Gasteiger partial charge on any atom is -0.480 e. The van der Waals surface area contributed by atoms with E-state index in [1.807, 2.05) is 30.5 Å². The third-order valence-corrected chi connectivity index (χ3v) is 7.05. The molecule has 1 aliphatic rings. The predicted octanol–water partition coefficient (Wildman–Crippen LogP) is 3.04. The zero-order valence-corrected chi connectivity index (χ0v) is 15.8. The molecule has 1 unspecified atom stereocenters. The van der Waals surface area contributed by atoms with Gasteiger partial charge in [-0.05, 0) is 42.3 Å². The molecule has 146 valence electrons. The Labute approximate surface area is 161 Å². The van der Waals surface area contributed by atoms with Gasteiger partial charge in [0.05, 0.1) is 4.90 Å². The molecule has 0 amide bonds. The van der Waals surface area contributed by atoms with Gasteiger partial charge in [-0.1, -0.05) is 18.2 Å². The van der Waals surface area contributed by atoms with Gasteiger partial charge >= 0.3 is 5.97 Å². The van der Waals surface area contributed by atoms with E-state index in [2.05, 4.69) is 0 Å². The first-order chi connectivity index (χ1) is 13.4. The normalized spacial score (nSPS) is 18.0. The molecule has 0 radical (unpaired) electrons. The van der Waals surface area contributed by atoms with Crippen LogP contribution in [0.1, 0.15) is 17.9 Å². The molecule has 1 atom stereocenters. The van der Waals surface area contributed by atoms with Crippen LogP contribution in [0.4, 0.5) is 4.39 Å². The number of carbonyl (C=O) groups is 1. The highest BCUT2D eigenvalue weighted by molar-refractivity contribution is 7.89. The quantitative estimate of drug-likeness (QED) is 0.711. The lowest BCUT2D eigenvalue weighted by Gasteiger charge is -2.16. The Bertz CT molecular complexity index is 1140. The molecule has 2 heterocycles. The first-order valence-electron chi connectivity index (χ1n) is 8.91. The van der Waals surface area contributed by atoms with Crippen molar-refractivity contribution in [3.63, 3.8) is 0 Å². The van der Waals surface area contributed by atoms with E-state index in [1.165, 1.54) is 16.4 Å². The maximum absolute atomic E-state index is 13.1. The van der Waals surface area contributed by atoms with Crippen LogP contribution in [0.15, 0.2) is 59.6 Å². The summed E-state index contributed by atoms with van der Waals surface area (Å²) in [5.41, 5.74) is 1.77. The van der Waals surface area contributed by atoms with Crippen molar-refractivity contribution in [2.75, 3.05) is 13.1 Å². The maximum atomic E-state index is 13.1. The van der Waals surface area contributed by atoms with Crippen LogP contribution in [0.5, 0.6) is 0 Å². The number of carboxylic acid groups (broad SMARTS) is 1. The number of carboxylic acids is 1. The number of sulfonamides is 1. The molecule has 0 saturated carbocycles. The molecule has 4 rings (SSSR count). The molecule has 0 bridgehead atoms. The molecule has 1 saturated heterocycles. The third kappa shape index (κ3) is 3.29. The summed E-state index contributed by atoms with van der Waals surface area (Å²) in [4.78, 5) is 11.2. The summed E-state index contributed by atoms with van der Waals surface area (Å²) in [7, 11) is -3.70. The van der Waals surface area contributed by atoms with Gasteiger partial charge < -0.3 is 9.67 Å². The molecule has 1 fully saturated rings. The second-order valence-electron chi connectivity index (χ2n) is 6.93. The van der Waals surface area contributed by atoms with Crippen LogP contribution < -0.4 is 0 Å². The van der Waals surface area contributed by atoms with E-state index in [9.17, 15) is 17.6 Å². The standard InChI is InChI=1S/C20H19FN2O4S/c21-15-5-7-16(8-6-15)28(26,27)23-10-9-14(11-23)18-12-22(13-20(24)25)19-4-2-1-3-17(18)19/h1-8,12,14H,9-11,13H2,(H,24,25). The molecule has 3 aromatic rings. The second-order valence-corrected chi connectivity index (χ2v) is 8.86. The van der Waals surface area contributed by atoms with Gasteiger partial charge in [0, 0.05) is 36.1 Å². The zero-order valence-electron chi connectivity index (χ0n) is 15.0. The molecule has 28 heavy (non-hydrogen) atoms. The van der Waals surface area contributed by atoms with Gasteiger partial charge in [-0.2, -0.15) is 4.31 Å². The molecular weight excluding hydrogens is 383 g/mol. The number of benzene rings is 2. The SMILES string of the molecule is O=C(O)Cn1cc(C2CCN(S(=O)(=O)c3ccc(F)cc3)C2)c2ccccc21. The van der Waals surface area contributed by atoms with Crippen LogP contribution in [0.2, 0.25) is 0 Å². The van der Waals surface area contributed by atoms with Crippen molar-refractivity contribution >= 4 is 26.9 Å². The average Bonchev–Trinajstić information content (AvgIpc) is 3.28. The van der Waals surface area contributed by atoms with Crippen LogP contribution in [0.3, 0.4) is 0 Å². The average molecular weight is 402 g/mol. The van der Waals surface area contributed by atoms with E-state index in [0.717, 1.165) is 28.6 Å². The van der Waals surface area contributed by atoms with E-state index < -0.39 is 21.8 Å². The number of fused-ring (bicyclic) bond motifs is 1. The van der Waals surface area contributed by atoms with Gasteiger partial charge in [0.25, 0.3) is 0 Å². The van der Waals surface area contributed by atoms with Crippen molar-refractivity contribution in [2.45, 2.75) is 23.8 Å². The molecule has 8 heteroatoms. The Morgan fingerprint density at radius 2 is 1.86 bits per heavy atom. The summed E-state index contributed by atoms with van der Waals surface area (Å²) in [6.07, 6.45) is 2.46. The van der Waals surface area contributed by atoms with Gasteiger partial charge in [-0.25, -0.2) is 12.8 Å². The largest absolute Gasteiger partial charge is 0.480 e. The first-order valence-corrected chi connectivity index (χ1v) is 10.4. The molecule has 1 aliphatic heterocycles. The summed E-state index contributed by atoms with van der Waals surface area (Å²) in [5, 5.41) is 10.1. The van der Waals surface area contributed by atoms with Crippen molar-refractivity contribution in [3.05, 3.63) is 66.1 Å². The van der Waals surface area contributed by atoms with Gasteiger partial charge in [-0.15, -0.1) is 0 Å². The number of hydrogen-bond acceptors (Lipinski definition) is 3. The lowest BCUT2D eigenvalue weighted by molar-refractivity contribution is -0.137. The number of hydrogen-bond donors (Lipinski definition) is 1. The fraction of sp³-hybridized carbons (Fsp3) is 0.250. The molecule has 1 N–H and O–H groups in total. The van der Waals surface area contributed by atoms with Crippen LogP contribution in [-0.4, -0.2) is 41.5 Å². The number of aromatic nitrogens is 1. The number of para-hydroxylation sites is 1. The van der Waals surface area contributed by atoms with Crippen LogP contribution in [0, 0.1) is 5.82 Å². The highest BCUT2D eigenvalue weighted by Crippen LogP contribution is 2.36. The monoisotopic (exact) mass is 402 g/mol. The fourth-order valence-electron chi connectivity index (χ4n) is 3.83. The summed E-state index contributed by atoms with van der Waals surface area (Å²) < 4.78 is 41.9. The highest BCUT2D eigenvalue weighted by atomic mass is 32.2. The van der Waals surface area contributed by atoms with Crippen LogP contribution in [0.25, 0.3) is 10.9 Å². The topological polar surface area (TPSA) is 79.6 Å². The predicted molar refractivity (Wildman–Crippen MR) is 102 cm³/mol. The van der Waals surface area contributed by atoms with Crippen LogP contribution in [-0.2, 0) is 21.4 Å². The Kier molecular flexibility index (Phi) is 4.68. The van der Waals surface area contributed by atoms with E-state index in [-0.39, 0.29) is 17.4 Å². The van der Waals surface area contributed by atoms with Crippen molar-refractivity contribution in [2.24, 2.45) is 0 Å². The molecule has 2 aromatic carbocycles. The Morgan fingerprint density at radius 1 is 1.14 bits per heavy atom. The summed E-state index contributed by atoms with van der Waals surface area (Å²) in [6, 6.07) is 12.4. The molecule has 0 aliphatic carbocycles. The molecule has 6 nitrogen and oxygen atoms in total. The zero-order chi connectivity index (χ0) is 19.9. The molecular formula is C20H19FN2O4S. The van der Waals surface area contributed by atoms with E-state index in [4.69, 9.17) is 5.11 Å². The summed E-state index contributed by atoms with van der Waals surface area (Å²) >= 11 is 0. The summed E-state index contributed by atoms with van der Waals surface area (Å²) in [6.45, 7) is 0.522. The summed E-state index contributed by atoms with van der Waals surface area (Å²) in [5.74, 6) is -1.45. The van der Waals surface area contributed by atoms with Gasteiger partial charge in [0.1, 0.15) is 12.4 Å². The number of halogens is 1. The minimum atomic E-state index is -3.70. The first kappa shape index (κ1) is 18.6. The van der Waals surface area contributed by atoms with Crippen molar-refractivity contribution in [1.82, 2.24) is 8.87 Å². The fourth-order valence-corrected chi connectivity index (χ4v) is 5.33. The maximum Gasteiger partial charge on any atom is 0.323 e. The van der Waals surface area contributed by atoms with Gasteiger partial charge in [0.15, 0.2) is 0 Å². The number of rotatable bonds is 5. The van der Waals surface area contributed by atoms with E-state index in [1.54, 1.807) is 4.57 Å². The smallest absolute Gasteiger partial charge is 0.323 e. The lowest BCUT2D eigenvalue weighted by atomic mass is 9.98.